The van der Waals surface area contributed by atoms with Gasteiger partial charge in [0.25, 0.3) is 5.91 Å². The van der Waals surface area contributed by atoms with E-state index < -0.39 is 11.9 Å². The highest BCUT2D eigenvalue weighted by molar-refractivity contribution is 6.09. The Balaban J connectivity index is 2.01. The first kappa shape index (κ1) is 18.9. The molecule has 0 aliphatic carbocycles. The van der Waals surface area contributed by atoms with Crippen molar-refractivity contribution in [3.8, 4) is 6.07 Å². The number of nitriles is 1. The minimum atomic E-state index is -0.522. The van der Waals surface area contributed by atoms with Crippen LogP contribution in [0, 0.1) is 11.3 Å². The normalized spacial score (nSPS) is 10.7. The number of nitrogens with one attached hydrogen (secondary N) is 1. The number of hydrogen-bond donors (Lipinski definition) is 1. The predicted octanol–water partition coefficient (Wildman–Crippen LogP) is 3.04. The van der Waals surface area contributed by atoms with Crippen LogP contribution in [-0.4, -0.2) is 32.2 Å². The van der Waals surface area contributed by atoms with E-state index in [0.717, 1.165) is 5.56 Å². The topological polar surface area (TPSA) is 88.4 Å². The molecule has 2 rings (SSSR count). The zero-order valence-corrected chi connectivity index (χ0v) is 14.3. The molecule has 0 radical (unpaired) electrons. The average molecular weight is 350 g/mol. The fourth-order valence-electron chi connectivity index (χ4n) is 2.05. The van der Waals surface area contributed by atoms with Crippen LogP contribution in [0.2, 0.25) is 0 Å². The van der Waals surface area contributed by atoms with E-state index >= 15 is 0 Å². The van der Waals surface area contributed by atoms with Gasteiger partial charge in [-0.2, -0.15) is 5.26 Å². The summed E-state index contributed by atoms with van der Waals surface area (Å²) < 4.78 is 9.82. The minimum Gasteiger partial charge on any atom is -0.460 e. The lowest BCUT2D eigenvalue weighted by Crippen LogP contribution is -2.14. The molecule has 2 aromatic carbocycles. The van der Waals surface area contributed by atoms with Gasteiger partial charge < -0.3 is 14.8 Å². The van der Waals surface area contributed by atoms with Crippen molar-refractivity contribution in [1.29, 1.82) is 5.26 Å². The van der Waals surface area contributed by atoms with E-state index in [0.29, 0.717) is 17.9 Å². The molecule has 26 heavy (non-hydrogen) atoms. The van der Waals surface area contributed by atoms with Gasteiger partial charge in [-0.3, -0.25) is 4.79 Å². The summed E-state index contributed by atoms with van der Waals surface area (Å²) in [4.78, 5) is 24.0. The zero-order valence-electron chi connectivity index (χ0n) is 14.3. The van der Waals surface area contributed by atoms with E-state index in [1.807, 2.05) is 24.3 Å². The number of ether oxygens (including phenoxy) is 2. The summed E-state index contributed by atoms with van der Waals surface area (Å²) in [5, 5.41) is 11.8. The Kier molecular flexibility index (Phi) is 7.10. The quantitative estimate of drug-likeness (QED) is 0.359. The number of anilines is 1. The number of benzene rings is 2. The molecular formula is C20H18N2O4. The van der Waals surface area contributed by atoms with Gasteiger partial charge in [0.15, 0.2) is 0 Å². The number of hydrogen-bond acceptors (Lipinski definition) is 5. The Morgan fingerprint density at radius 3 is 2.38 bits per heavy atom. The van der Waals surface area contributed by atoms with Crippen molar-refractivity contribution < 1.29 is 19.1 Å². The molecule has 0 atom stereocenters. The Labute approximate surface area is 151 Å². The van der Waals surface area contributed by atoms with Gasteiger partial charge in [-0.15, -0.1) is 0 Å². The molecule has 0 unspecified atom stereocenters. The first-order valence-corrected chi connectivity index (χ1v) is 7.88. The Morgan fingerprint density at radius 1 is 1.08 bits per heavy atom. The van der Waals surface area contributed by atoms with E-state index in [2.05, 4.69) is 5.32 Å². The molecule has 0 aliphatic rings. The lowest BCUT2D eigenvalue weighted by molar-refractivity contribution is -0.112. The molecule has 0 bridgehead atoms. The average Bonchev–Trinajstić information content (AvgIpc) is 2.67. The maximum atomic E-state index is 12.2. The molecule has 6 nitrogen and oxygen atoms in total. The summed E-state index contributed by atoms with van der Waals surface area (Å²) in [6.45, 7) is 0.494. The van der Waals surface area contributed by atoms with Crippen molar-refractivity contribution in [3.63, 3.8) is 0 Å². The highest BCUT2D eigenvalue weighted by Crippen LogP contribution is 2.13. The maximum Gasteiger partial charge on any atom is 0.338 e. The molecule has 0 aromatic heterocycles. The molecule has 0 saturated heterocycles. The summed E-state index contributed by atoms with van der Waals surface area (Å²) in [6.07, 6.45) is 1.51. The van der Waals surface area contributed by atoms with Gasteiger partial charge in [-0.25, -0.2) is 4.79 Å². The second kappa shape index (κ2) is 9.77. The van der Waals surface area contributed by atoms with Crippen LogP contribution in [0.25, 0.3) is 6.08 Å². The summed E-state index contributed by atoms with van der Waals surface area (Å²) in [7, 11) is 1.52. The van der Waals surface area contributed by atoms with Gasteiger partial charge in [0, 0.05) is 12.8 Å². The number of carbonyl (C=O) groups is 2. The minimum absolute atomic E-state index is 0.0146. The smallest absolute Gasteiger partial charge is 0.338 e. The van der Waals surface area contributed by atoms with Crippen LogP contribution in [0.1, 0.15) is 15.9 Å². The van der Waals surface area contributed by atoms with Gasteiger partial charge in [0.1, 0.15) is 18.2 Å². The van der Waals surface area contributed by atoms with Crippen molar-refractivity contribution in [2.75, 3.05) is 25.6 Å². The van der Waals surface area contributed by atoms with Crippen molar-refractivity contribution in [2.45, 2.75) is 0 Å². The van der Waals surface area contributed by atoms with E-state index in [4.69, 9.17) is 9.47 Å². The van der Waals surface area contributed by atoms with Gasteiger partial charge in [-0.1, -0.05) is 30.3 Å². The summed E-state index contributed by atoms with van der Waals surface area (Å²) in [6, 6.07) is 17.2. The van der Waals surface area contributed by atoms with E-state index in [1.54, 1.807) is 24.3 Å². The van der Waals surface area contributed by atoms with Crippen LogP contribution in [0.4, 0.5) is 5.69 Å². The van der Waals surface area contributed by atoms with Crippen LogP contribution in [0.3, 0.4) is 0 Å². The third kappa shape index (κ3) is 5.58. The Hall–Kier alpha value is -3.43. The van der Waals surface area contributed by atoms with Crippen LogP contribution < -0.4 is 5.32 Å². The van der Waals surface area contributed by atoms with Crippen LogP contribution in [0.15, 0.2) is 60.2 Å². The lowest BCUT2D eigenvalue weighted by Gasteiger charge is -2.07. The highest BCUT2D eigenvalue weighted by atomic mass is 16.6. The zero-order chi connectivity index (χ0) is 18.8. The summed E-state index contributed by atoms with van der Waals surface area (Å²) in [5.41, 5.74) is 1.57. The molecule has 0 fully saturated rings. The van der Waals surface area contributed by atoms with Crippen LogP contribution in [-0.2, 0) is 14.3 Å². The monoisotopic (exact) mass is 350 g/mol. The first-order chi connectivity index (χ1) is 12.6. The predicted molar refractivity (Wildman–Crippen MR) is 97.3 cm³/mol. The third-order valence-electron chi connectivity index (χ3n) is 3.37. The molecule has 2 aromatic rings. The first-order valence-electron chi connectivity index (χ1n) is 7.88. The second-order valence-corrected chi connectivity index (χ2v) is 5.24. The second-order valence-electron chi connectivity index (χ2n) is 5.24. The number of rotatable bonds is 7. The number of esters is 1. The SMILES string of the molecule is COCCOC(=O)c1ccc(NC(=O)/C(C#N)=C/c2ccccc2)cc1. The van der Waals surface area contributed by atoms with E-state index in [-0.39, 0.29) is 12.2 Å². The summed E-state index contributed by atoms with van der Waals surface area (Å²) in [5.74, 6) is -0.992. The maximum absolute atomic E-state index is 12.2. The van der Waals surface area contributed by atoms with Gasteiger partial charge in [0.05, 0.1) is 12.2 Å². The number of carbonyl (C=O) groups excluding carboxylic acids is 2. The Bertz CT molecular complexity index is 821. The molecule has 1 N–H and O–H groups in total. The fraction of sp³-hybridized carbons (Fsp3) is 0.150. The van der Waals surface area contributed by atoms with Crippen molar-refractivity contribution in [2.24, 2.45) is 0 Å². The standard InChI is InChI=1S/C20H18N2O4/c1-25-11-12-26-20(24)16-7-9-18(10-8-16)22-19(23)17(14-21)13-15-5-3-2-4-6-15/h2-10,13H,11-12H2,1H3,(H,22,23)/b17-13+. The van der Waals surface area contributed by atoms with Crippen molar-refractivity contribution >= 4 is 23.6 Å². The van der Waals surface area contributed by atoms with Gasteiger partial charge >= 0.3 is 5.97 Å². The molecule has 132 valence electrons. The van der Waals surface area contributed by atoms with E-state index in [1.165, 1.54) is 25.3 Å². The van der Waals surface area contributed by atoms with Crippen LogP contribution in [0.5, 0.6) is 0 Å². The molecule has 1 amide bonds. The largest absolute Gasteiger partial charge is 0.460 e. The van der Waals surface area contributed by atoms with Crippen molar-refractivity contribution in [1.82, 2.24) is 0 Å². The number of nitrogens with zero attached hydrogens (tertiary/aromatic N) is 1. The van der Waals surface area contributed by atoms with Crippen molar-refractivity contribution in [3.05, 3.63) is 71.3 Å². The van der Waals surface area contributed by atoms with E-state index in [9.17, 15) is 14.9 Å². The molecule has 0 heterocycles. The molecule has 0 spiro atoms. The molecule has 0 aliphatic heterocycles. The molecule has 0 saturated carbocycles. The fourth-order valence-corrected chi connectivity index (χ4v) is 2.05. The third-order valence-corrected chi connectivity index (χ3v) is 3.37. The number of amides is 1. The van der Waals surface area contributed by atoms with Crippen LogP contribution >= 0.6 is 0 Å². The molecular weight excluding hydrogens is 332 g/mol. The molecule has 6 heteroatoms. The summed E-state index contributed by atoms with van der Waals surface area (Å²) >= 11 is 0. The number of methoxy groups -OCH3 is 1. The highest BCUT2D eigenvalue weighted by Gasteiger charge is 2.11. The Morgan fingerprint density at radius 2 is 1.77 bits per heavy atom. The lowest BCUT2D eigenvalue weighted by atomic mass is 10.1. The van der Waals surface area contributed by atoms with Gasteiger partial charge in [-0.05, 0) is 35.9 Å². The van der Waals surface area contributed by atoms with Gasteiger partial charge in [0.2, 0.25) is 0 Å².